The molecule has 5 nitrogen and oxygen atoms in total. The van der Waals surface area contributed by atoms with E-state index in [0.29, 0.717) is 12.8 Å². The monoisotopic (exact) mass is 348 g/mol. The molecule has 0 unspecified atom stereocenters. The molecular formula is C14H15F3N2O3S. The van der Waals surface area contributed by atoms with E-state index in [2.05, 4.69) is 5.32 Å². The van der Waals surface area contributed by atoms with Crippen molar-refractivity contribution in [1.82, 2.24) is 4.31 Å². The van der Waals surface area contributed by atoms with Crippen molar-refractivity contribution in [3.05, 3.63) is 29.8 Å². The number of sulfonamides is 1. The third-order valence-corrected chi connectivity index (χ3v) is 6.34. The Morgan fingerprint density at radius 3 is 2.17 bits per heavy atom. The molecule has 0 aromatic heterocycles. The van der Waals surface area contributed by atoms with Crippen molar-refractivity contribution in [1.29, 1.82) is 0 Å². The van der Waals surface area contributed by atoms with Crippen molar-refractivity contribution in [2.24, 2.45) is 5.92 Å². The van der Waals surface area contributed by atoms with Gasteiger partial charge in [0.25, 0.3) is 0 Å². The molecule has 1 N–H and O–H groups in total. The van der Waals surface area contributed by atoms with Crippen molar-refractivity contribution in [2.75, 3.05) is 18.4 Å². The van der Waals surface area contributed by atoms with E-state index in [1.807, 2.05) is 0 Å². The van der Waals surface area contributed by atoms with Gasteiger partial charge in [-0.3, -0.25) is 4.79 Å². The van der Waals surface area contributed by atoms with E-state index in [9.17, 15) is 26.4 Å². The maximum Gasteiger partial charge on any atom is 0.416 e. The Labute approximate surface area is 131 Å². The van der Waals surface area contributed by atoms with E-state index >= 15 is 0 Å². The second-order valence-electron chi connectivity index (χ2n) is 5.82. The highest BCUT2D eigenvalue weighted by atomic mass is 32.2. The number of amides is 1. The number of alkyl halides is 3. The zero-order chi connectivity index (χ0) is 16.8. The summed E-state index contributed by atoms with van der Waals surface area (Å²) in [4.78, 5) is 12.0. The van der Waals surface area contributed by atoms with Crippen LogP contribution < -0.4 is 5.32 Å². The van der Waals surface area contributed by atoms with Crippen LogP contribution in [0, 0.1) is 5.92 Å². The Kier molecular flexibility index (Phi) is 3.88. The molecule has 1 saturated carbocycles. The summed E-state index contributed by atoms with van der Waals surface area (Å²) in [5.74, 6) is -0.849. The fourth-order valence-corrected chi connectivity index (χ4v) is 4.30. The molecule has 0 spiro atoms. The number of anilines is 1. The second-order valence-corrected chi connectivity index (χ2v) is 8.04. The number of carbonyl (C=O) groups is 1. The quantitative estimate of drug-likeness (QED) is 0.906. The van der Waals surface area contributed by atoms with Crippen molar-refractivity contribution < 1.29 is 26.4 Å². The van der Waals surface area contributed by atoms with Gasteiger partial charge in [-0.2, -0.15) is 17.5 Å². The summed E-state index contributed by atoms with van der Waals surface area (Å²) >= 11 is 0. The lowest BCUT2D eigenvalue weighted by Crippen LogP contribution is -2.55. The van der Waals surface area contributed by atoms with Crippen LogP contribution in [0.25, 0.3) is 0 Å². The lowest BCUT2D eigenvalue weighted by molar-refractivity contribution is -0.137. The molecule has 1 aliphatic carbocycles. The first-order chi connectivity index (χ1) is 10.7. The van der Waals surface area contributed by atoms with Crippen LogP contribution in [0.2, 0.25) is 0 Å². The van der Waals surface area contributed by atoms with Crippen LogP contribution in [0.3, 0.4) is 0 Å². The van der Waals surface area contributed by atoms with Crippen LogP contribution in [0.1, 0.15) is 18.4 Å². The van der Waals surface area contributed by atoms with Gasteiger partial charge in [-0.05, 0) is 37.1 Å². The average Bonchev–Trinajstić information content (AvgIpc) is 3.20. The number of rotatable bonds is 4. The van der Waals surface area contributed by atoms with Gasteiger partial charge in [-0.1, -0.05) is 0 Å². The summed E-state index contributed by atoms with van der Waals surface area (Å²) < 4.78 is 62.5. The number of hydrogen-bond acceptors (Lipinski definition) is 3. The molecular weight excluding hydrogens is 333 g/mol. The minimum absolute atomic E-state index is 0.130. The highest BCUT2D eigenvalue weighted by Gasteiger charge is 2.46. The predicted molar refractivity (Wildman–Crippen MR) is 77.1 cm³/mol. The number of nitrogens with one attached hydrogen (secondary N) is 1. The molecule has 1 aliphatic heterocycles. The molecule has 1 aromatic rings. The van der Waals surface area contributed by atoms with Crippen LogP contribution in [-0.2, 0) is 21.0 Å². The summed E-state index contributed by atoms with van der Waals surface area (Å²) in [6.07, 6.45) is -3.09. The average molecular weight is 348 g/mol. The molecule has 0 atom stereocenters. The Morgan fingerprint density at radius 2 is 1.70 bits per heavy atom. The maximum absolute atomic E-state index is 12.4. The molecule has 0 radical (unpaired) electrons. The fourth-order valence-electron chi connectivity index (χ4n) is 2.38. The molecule has 23 heavy (non-hydrogen) atoms. The number of nitrogens with zero attached hydrogens (tertiary/aromatic N) is 1. The SMILES string of the molecule is O=C(Nc1ccc(C(F)(F)F)cc1)C1CN(S(=O)(=O)C2CC2)C1. The first kappa shape index (κ1) is 16.3. The third kappa shape index (κ3) is 3.35. The zero-order valence-electron chi connectivity index (χ0n) is 12.0. The van der Waals surface area contributed by atoms with Gasteiger partial charge < -0.3 is 5.32 Å². The van der Waals surface area contributed by atoms with Gasteiger partial charge in [0.15, 0.2) is 0 Å². The number of halogens is 3. The summed E-state index contributed by atoms with van der Waals surface area (Å²) in [6.45, 7) is 0.261. The summed E-state index contributed by atoms with van der Waals surface area (Å²) in [6, 6.07) is 4.14. The third-order valence-electron chi connectivity index (χ3n) is 4.00. The van der Waals surface area contributed by atoms with Crippen LogP contribution in [0.15, 0.2) is 24.3 Å². The molecule has 126 valence electrons. The van der Waals surface area contributed by atoms with Gasteiger partial charge in [0.2, 0.25) is 15.9 Å². The topological polar surface area (TPSA) is 66.5 Å². The maximum atomic E-state index is 12.4. The molecule has 1 saturated heterocycles. The van der Waals surface area contributed by atoms with E-state index in [1.165, 1.54) is 16.4 Å². The van der Waals surface area contributed by atoms with Crippen molar-refractivity contribution >= 4 is 21.6 Å². The zero-order valence-corrected chi connectivity index (χ0v) is 12.8. The molecule has 1 heterocycles. The Morgan fingerprint density at radius 1 is 1.13 bits per heavy atom. The normalized spacial score (nSPS) is 20.1. The van der Waals surface area contributed by atoms with E-state index in [0.717, 1.165) is 12.1 Å². The van der Waals surface area contributed by atoms with Crippen molar-refractivity contribution in [3.8, 4) is 0 Å². The molecule has 3 rings (SSSR count). The summed E-state index contributed by atoms with van der Waals surface area (Å²) in [7, 11) is -3.26. The lowest BCUT2D eigenvalue weighted by atomic mass is 10.0. The standard InChI is InChI=1S/C14H15F3N2O3S/c15-14(16,17)10-1-3-11(4-2-10)18-13(20)9-7-19(8-9)23(21,22)12-5-6-12/h1-4,9,12H,5-8H2,(H,18,20). The van der Waals surface area contributed by atoms with Crippen LogP contribution in [0.4, 0.5) is 18.9 Å². The Bertz CT molecular complexity index is 706. The molecule has 1 amide bonds. The van der Waals surface area contributed by atoms with Gasteiger partial charge in [-0.15, -0.1) is 0 Å². The smallest absolute Gasteiger partial charge is 0.326 e. The highest BCUT2D eigenvalue weighted by molar-refractivity contribution is 7.90. The molecule has 0 bridgehead atoms. The number of hydrogen-bond donors (Lipinski definition) is 1. The van der Waals surface area contributed by atoms with Crippen molar-refractivity contribution in [3.63, 3.8) is 0 Å². The largest absolute Gasteiger partial charge is 0.416 e. The molecule has 2 aliphatic rings. The molecule has 1 aromatic carbocycles. The first-order valence-electron chi connectivity index (χ1n) is 7.15. The van der Waals surface area contributed by atoms with E-state index in [-0.39, 0.29) is 29.9 Å². The number of benzene rings is 1. The van der Waals surface area contributed by atoms with Gasteiger partial charge in [0, 0.05) is 18.8 Å². The Hall–Kier alpha value is -1.61. The minimum atomic E-state index is -4.42. The fraction of sp³-hybridized carbons (Fsp3) is 0.500. The molecule has 2 fully saturated rings. The van der Waals surface area contributed by atoms with E-state index in [1.54, 1.807) is 0 Å². The highest BCUT2D eigenvalue weighted by Crippen LogP contribution is 2.35. The summed E-state index contributed by atoms with van der Waals surface area (Å²) in [5.41, 5.74) is -0.535. The lowest BCUT2D eigenvalue weighted by Gasteiger charge is -2.37. The van der Waals surface area contributed by atoms with Crippen LogP contribution >= 0.6 is 0 Å². The van der Waals surface area contributed by atoms with E-state index < -0.39 is 27.7 Å². The van der Waals surface area contributed by atoms with Crippen molar-refractivity contribution in [2.45, 2.75) is 24.3 Å². The van der Waals surface area contributed by atoms with Crippen LogP contribution in [0.5, 0.6) is 0 Å². The van der Waals surface area contributed by atoms with Gasteiger partial charge in [-0.25, -0.2) is 8.42 Å². The van der Waals surface area contributed by atoms with Gasteiger partial charge in [0.1, 0.15) is 0 Å². The predicted octanol–water partition coefficient (Wildman–Crippen LogP) is 2.07. The second kappa shape index (κ2) is 5.48. The van der Waals surface area contributed by atoms with E-state index in [4.69, 9.17) is 0 Å². The Balaban J connectivity index is 1.54. The van der Waals surface area contributed by atoms with Gasteiger partial charge >= 0.3 is 6.18 Å². The molecule has 9 heteroatoms. The van der Waals surface area contributed by atoms with Crippen LogP contribution in [-0.4, -0.2) is 37.0 Å². The first-order valence-corrected chi connectivity index (χ1v) is 8.65. The van der Waals surface area contributed by atoms with Gasteiger partial charge in [0.05, 0.1) is 16.7 Å². The minimum Gasteiger partial charge on any atom is -0.326 e. The number of carbonyl (C=O) groups excluding carboxylic acids is 1. The summed E-state index contributed by atoms with van der Waals surface area (Å²) in [5, 5.41) is 2.21.